The molecule has 68 heavy (non-hydrogen) atoms. The number of esters is 2. The molecule has 0 saturated heterocycles. The van der Waals surface area contributed by atoms with E-state index in [4.69, 9.17) is 14.2 Å². The van der Waals surface area contributed by atoms with Gasteiger partial charge in [-0.15, -0.1) is 0 Å². The minimum Gasteiger partial charge on any atom is -0.463 e. The van der Waals surface area contributed by atoms with Crippen LogP contribution in [0.2, 0.25) is 0 Å². The first-order valence-corrected chi connectivity index (χ1v) is 30.5. The molecule has 5 heteroatoms. The summed E-state index contributed by atoms with van der Waals surface area (Å²) in [6.07, 6.45) is 73.3. The van der Waals surface area contributed by atoms with E-state index in [9.17, 15) is 9.59 Å². The maximum Gasteiger partial charge on any atom is 0.305 e. The van der Waals surface area contributed by atoms with Crippen molar-refractivity contribution in [3.63, 3.8) is 0 Å². The maximum absolute atomic E-state index is 12.7. The van der Waals surface area contributed by atoms with E-state index in [0.29, 0.717) is 19.4 Å². The number of rotatable bonds is 57. The summed E-state index contributed by atoms with van der Waals surface area (Å²) < 4.78 is 17.6. The smallest absolute Gasteiger partial charge is 0.305 e. The van der Waals surface area contributed by atoms with Crippen LogP contribution in [0.3, 0.4) is 0 Å². The fourth-order valence-corrected chi connectivity index (χ4v) is 9.04. The Balaban J connectivity index is 4.23. The van der Waals surface area contributed by atoms with E-state index in [1.54, 1.807) is 0 Å². The van der Waals surface area contributed by atoms with Crippen LogP contribution in [0.4, 0.5) is 0 Å². The second-order valence-corrected chi connectivity index (χ2v) is 20.6. The van der Waals surface area contributed by atoms with E-state index >= 15 is 0 Å². The standard InChI is InChI=1S/C63H118O5/c1-4-7-10-13-16-19-22-25-28-31-32-34-36-39-42-45-48-51-54-57-63(65)68-60-61(66-58-55-52-49-46-43-40-37-30-27-24-21-18-15-12-9-6-3)59-67-62(64)56-53-50-47-44-41-38-35-33-29-26-23-20-17-14-11-8-5-2/h17,20,25-26,28-29,61H,4-16,18-19,21-24,27,30-60H2,1-3H3/b20-17-,28-25-,29-26-/t61-/m1/s1. The summed E-state index contributed by atoms with van der Waals surface area (Å²) in [4.78, 5) is 25.4. The Hall–Kier alpha value is -1.88. The minimum absolute atomic E-state index is 0.157. The molecule has 0 fully saturated rings. The summed E-state index contributed by atoms with van der Waals surface area (Å²) >= 11 is 0. The second-order valence-electron chi connectivity index (χ2n) is 20.6. The van der Waals surface area contributed by atoms with Gasteiger partial charge in [-0.2, -0.15) is 0 Å². The zero-order valence-corrected chi connectivity index (χ0v) is 46.1. The van der Waals surface area contributed by atoms with Crippen molar-refractivity contribution in [3.8, 4) is 0 Å². The van der Waals surface area contributed by atoms with E-state index in [0.717, 1.165) is 44.9 Å². The van der Waals surface area contributed by atoms with Crippen molar-refractivity contribution >= 4 is 11.9 Å². The number of hydrogen-bond donors (Lipinski definition) is 0. The SMILES string of the molecule is CCCCC/C=C\C/C=C\CCCCCCCCCC(=O)OC[C@H](COC(=O)CCCCCCCCCCC/C=C\CCCCCCCC)OCCCCCCCCCCCCCCCCCC. The van der Waals surface area contributed by atoms with Crippen LogP contribution in [-0.2, 0) is 23.8 Å². The largest absolute Gasteiger partial charge is 0.463 e. The average Bonchev–Trinajstić information content (AvgIpc) is 3.34. The quantitative estimate of drug-likeness (QED) is 0.0345. The van der Waals surface area contributed by atoms with Gasteiger partial charge in [-0.05, 0) is 77.0 Å². The molecule has 0 aliphatic rings. The van der Waals surface area contributed by atoms with Crippen molar-refractivity contribution in [2.24, 2.45) is 0 Å². The molecule has 0 aromatic rings. The number of carbonyl (C=O) groups is 2. The molecule has 0 saturated carbocycles. The minimum atomic E-state index is -0.401. The molecule has 0 spiro atoms. The molecule has 0 radical (unpaired) electrons. The molecule has 0 aromatic carbocycles. The average molecular weight is 956 g/mol. The lowest BCUT2D eigenvalue weighted by molar-refractivity contribution is -0.155. The molecule has 0 amide bonds. The Kier molecular flexibility index (Phi) is 57.8. The zero-order valence-electron chi connectivity index (χ0n) is 46.1. The molecule has 0 rings (SSSR count). The third-order valence-corrected chi connectivity index (χ3v) is 13.7. The summed E-state index contributed by atoms with van der Waals surface area (Å²) in [5, 5.41) is 0. The Bertz CT molecular complexity index is 1080. The Morgan fingerprint density at radius 2 is 0.559 bits per heavy atom. The van der Waals surface area contributed by atoms with E-state index in [-0.39, 0.29) is 25.2 Å². The van der Waals surface area contributed by atoms with Gasteiger partial charge in [-0.25, -0.2) is 0 Å². The van der Waals surface area contributed by atoms with Crippen LogP contribution in [0, 0.1) is 0 Å². The van der Waals surface area contributed by atoms with Gasteiger partial charge in [0, 0.05) is 19.4 Å². The highest BCUT2D eigenvalue weighted by molar-refractivity contribution is 5.69. The van der Waals surface area contributed by atoms with E-state index < -0.39 is 6.10 Å². The lowest BCUT2D eigenvalue weighted by atomic mass is 10.0. The number of allylic oxidation sites excluding steroid dienone is 6. The lowest BCUT2D eigenvalue weighted by Crippen LogP contribution is -2.29. The summed E-state index contributed by atoms with van der Waals surface area (Å²) in [5.41, 5.74) is 0. The highest BCUT2D eigenvalue weighted by Crippen LogP contribution is 2.16. The van der Waals surface area contributed by atoms with Crippen LogP contribution in [0.25, 0.3) is 0 Å². The fraction of sp³-hybridized carbons (Fsp3) is 0.873. The number of hydrogen-bond acceptors (Lipinski definition) is 5. The molecule has 400 valence electrons. The van der Waals surface area contributed by atoms with Crippen molar-refractivity contribution in [1.82, 2.24) is 0 Å². The van der Waals surface area contributed by atoms with Crippen molar-refractivity contribution in [2.75, 3.05) is 19.8 Å². The molecule has 0 heterocycles. The summed E-state index contributed by atoms with van der Waals surface area (Å²) in [6, 6.07) is 0. The first kappa shape index (κ1) is 66.1. The first-order valence-electron chi connectivity index (χ1n) is 30.5. The van der Waals surface area contributed by atoms with Gasteiger partial charge in [0.25, 0.3) is 0 Å². The van der Waals surface area contributed by atoms with Crippen LogP contribution in [0.1, 0.15) is 329 Å². The van der Waals surface area contributed by atoms with E-state index in [1.807, 2.05) is 0 Å². The molecule has 0 bridgehead atoms. The first-order chi connectivity index (χ1) is 33.6. The fourth-order valence-electron chi connectivity index (χ4n) is 9.04. The van der Waals surface area contributed by atoms with Crippen LogP contribution in [0.5, 0.6) is 0 Å². The number of ether oxygens (including phenoxy) is 3. The van der Waals surface area contributed by atoms with Crippen molar-refractivity contribution in [3.05, 3.63) is 36.5 Å². The van der Waals surface area contributed by atoms with Gasteiger partial charge < -0.3 is 14.2 Å². The maximum atomic E-state index is 12.7. The molecule has 5 nitrogen and oxygen atoms in total. The van der Waals surface area contributed by atoms with E-state index in [1.165, 1.54) is 250 Å². The predicted octanol–water partition coefficient (Wildman–Crippen LogP) is 20.9. The number of carbonyl (C=O) groups excluding carboxylic acids is 2. The van der Waals surface area contributed by atoms with Crippen molar-refractivity contribution in [2.45, 2.75) is 335 Å². The van der Waals surface area contributed by atoms with Crippen LogP contribution in [-0.4, -0.2) is 37.9 Å². The van der Waals surface area contributed by atoms with Crippen LogP contribution in [0.15, 0.2) is 36.5 Å². The van der Waals surface area contributed by atoms with E-state index in [2.05, 4.69) is 57.2 Å². The highest BCUT2D eigenvalue weighted by Gasteiger charge is 2.16. The molecule has 0 aliphatic heterocycles. The molecule has 0 unspecified atom stereocenters. The van der Waals surface area contributed by atoms with Gasteiger partial charge in [0.05, 0.1) is 0 Å². The Morgan fingerprint density at radius 1 is 0.309 bits per heavy atom. The summed E-state index contributed by atoms with van der Waals surface area (Å²) in [5.74, 6) is -0.327. The summed E-state index contributed by atoms with van der Waals surface area (Å²) in [7, 11) is 0. The van der Waals surface area contributed by atoms with Gasteiger partial charge >= 0.3 is 11.9 Å². The van der Waals surface area contributed by atoms with Gasteiger partial charge in [0.1, 0.15) is 19.3 Å². The Labute approximate surface area is 425 Å². The third-order valence-electron chi connectivity index (χ3n) is 13.7. The highest BCUT2D eigenvalue weighted by atomic mass is 16.6. The van der Waals surface area contributed by atoms with Crippen LogP contribution < -0.4 is 0 Å². The number of unbranched alkanes of at least 4 members (excludes halogenated alkanes) is 40. The molecule has 0 aliphatic carbocycles. The molecule has 0 N–H and O–H groups in total. The van der Waals surface area contributed by atoms with Gasteiger partial charge in [-0.3, -0.25) is 9.59 Å². The van der Waals surface area contributed by atoms with Crippen molar-refractivity contribution < 1.29 is 23.8 Å². The lowest BCUT2D eigenvalue weighted by Gasteiger charge is -2.18. The summed E-state index contributed by atoms with van der Waals surface area (Å²) in [6.45, 7) is 7.76. The van der Waals surface area contributed by atoms with Crippen molar-refractivity contribution in [1.29, 1.82) is 0 Å². The third kappa shape index (κ3) is 56.7. The topological polar surface area (TPSA) is 61.8 Å². The zero-order chi connectivity index (χ0) is 49.2. The van der Waals surface area contributed by atoms with Gasteiger partial charge in [0.15, 0.2) is 0 Å². The molecule has 0 aromatic heterocycles. The van der Waals surface area contributed by atoms with Gasteiger partial charge in [0.2, 0.25) is 0 Å². The Morgan fingerprint density at radius 3 is 0.897 bits per heavy atom. The van der Waals surface area contributed by atoms with Crippen LogP contribution >= 0.6 is 0 Å². The second kappa shape index (κ2) is 59.4. The predicted molar refractivity (Wildman–Crippen MR) is 298 cm³/mol. The molecular formula is C63H118O5. The van der Waals surface area contributed by atoms with Gasteiger partial charge in [-0.1, -0.05) is 276 Å². The monoisotopic (exact) mass is 955 g/mol. The molecule has 1 atom stereocenters. The normalized spacial score (nSPS) is 12.3. The molecular weight excluding hydrogens is 837 g/mol.